The van der Waals surface area contributed by atoms with Crippen LogP contribution in [0.4, 0.5) is 23.0 Å². The summed E-state index contributed by atoms with van der Waals surface area (Å²) in [6, 6.07) is 18.2. The average Bonchev–Trinajstić information content (AvgIpc) is 3.73. The normalized spacial score (nSPS) is 15.8. The van der Waals surface area contributed by atoms with E-state index in [0.717, 1.165) is 79.5 Å². The topological polar surface area (TPSA) is 91.2 Å². The van der Waals surface area contributed by atoms with E-state index in [9.17, 15) is 4.79 Å². The minimum absolute atomic E-state index is 0.105. The lowest BCUT2D eigenvalue weighted by Crippen LogP contribution is -2.44. The van der Waals surface area contributed by atoms with Gasteiger partial charge in [0.05, 0.1) is 5.69 Å². The highest BCUT2D eigenvalue weighted by Crippen LogP contribution is 2.33. The third kappa shape index (κ3) is 5.78. The summed E-state index contributed by atoms with van der Waals surface area (Å²) in [5.74, 6) is 0.816. The Morgan fingerprint density at radius 3 is 2.54 bits per heavy atom. The monoisotopic (exact) mass is 522 g/mol. The van der Waals surface area contributed by atoms with Crippen molar-refractivity contribution >= 4 is 28.9 Å². The Morgan fingerprint density at radius 1 is 1.00 bits per heavy atom. The number of aromatic nitrogens is 4. The van der Waals surface area contributed by atoms with Crippen molar-refractivity contribution in [3.8, 4) is 22.5 Å². The summed E-state index contributed by atoms with van der Waals surface area (Å²) < 4.78 is 1.92. The highest BCUT2D eigenvalue weighted by atomic mass is 16.2. The molecule has 1 aliphatic carbocycles. The number of benzene rings is 2. The van der Waals surface area contributed by atoms with Crippen molar-refractivity contribution in [3.05, 3.63) is 67.0 Å². The number of nitrogens with zero attached hydrogens (tertiary/aromatic N) is 6. The molecule has 39 heavy (non-hydrogen) atoms. The maximum absolute atomic E-state index is 12.1. The molecule has 2 aliphatic rings. The Morgan fingerprint density at radius 2 is 1.79 bits per heavy atom. The Labute approximate surface area is 228 Å². The second-order valence-electron chi connectivity index (χ2n) is 10.3. The lowest BCUT2D eigenvalue weighted by molar-refractivity contribution is -0.117. The SMILES string of the molecule is CCn1cc(-c2ccnc(Nc3cccc(N4CCN(C)CC4)c3)n2)c(-c2ccc(NC(=O)C3CC3)cc2)n1. The molecular weight excluding hydrogens is 488 g/mol. The van der Waals surface area contributed by atoms with E-state index in [1.807, 2.05) is 47.3 Å². The Balaban J connectivity index is 1.23. The fraction of sp³-hybridized carbons (Fsp3) is 0.333. The third-order valence-corrected chi connectivity index (χ3v) is 7.36. The number of amides is 1. The van der Waals surface area contributed by atoms with Crippen molar-refractivity contribution in [2.24, 2.45) is 5.92 Å². The molecule has 2 aromatic carbocycles. The first-order valence-electron chi connectivity index (χ1n) is 13.7. The fourth-order valence-electron chi connectivity index (χ4n) is 4.83. The van der Waals surface area contributed by atoms with Gasteiger partial charge in [-0.15, -0.1) is 0 Å². The number of carbonyl (C=O) groups is 1. The van der Waals surface area contributed by atoms with Gasteiger partial charge in [0.2, 0.25) is 11.9 Å². The zero-order chi connectivity index (χ0) is 26.8. The minimum atomic E-state index is 0.105. The van der Waals surface area contributed by atoms with Crippen molar-refractivity contribution in [1.29, 1.82) is 0 Å². The van der Waals surface area contributed by atoms with Crippen molar-refractivity contribution in [2.75, 3.05) is 48.8 Å². The van der Waals surface area contributed by atoms with Crippen molar-refractivity contribution in [3.63, 3.8) is 0 Å². The summed E-state index contributed by atoms with van der Waals surface area (Å²) >= 11 is 0. The third-order valence-electron chi connectivity index (χ3n) is 7.36. The smallest absolute Gasteiger partial charge is 0.227 e. The van der Waals surface area contributed by atoms with E-state index < -0.39 is 0 Å². The van der Waals surface area contributed by atoms with Crippen molar-refractivity contribution < 1.29 is 4.79 Å². The van der Waals surface area contributed by atoms with Gasteiger partial charge >= 0.3 is 0 Å². The summed E-state index contributed by atoms with van der Waals surface area (Å²) in [4.78, 5) is 26.2. The fourth-order valence-corrected chi connectivity index (χ4v) is 4.83. The minimum Gasteiger partial charge on any atom is -0.369 e. The van der Waals surface area contributed by atoms with Crippen LogP contribution >= 0.6 is 0 Å². The lowest BCUT2D eigenvalue weighted by Gasteiger charge is -2.34. The standard InChI is InChI=1S/C30H34N8O/c1-3-38-20-26(28(35-38)21-9-11-23(12-10-21)32-29(39)22-7-8-22)27-13-14-31-30(34-27)33-24-5-4-6-25(19-24)37-17-15-36(2)16-18-37/h4-6,9-14,19-20,22H,3,7-8,15-18H2,1-2H3,(H,32,39)(H,31,33,34). The first-order valence-corrected chi connectivity index (χ1v) is 13.7. The van der Waals surface area contributed by atoms with E-state index in [2.05, 4.69) is 57.6 Å². The second-order valence-corrected chi connectivity index (χ2v) is 10.3. The molecule has 4 aromatic rings. The number of carbonyl (C=O) groups excluding carboxylic acids is 1. The average molecular weight is 523 g/mol. The van der Waals surface area contributed by atoms with Crippen LogP contribution in [0.2, 0.25) is 0 Å². The predicted octanol–water partition coefficient (Wildman–Crippen LogP) is 4.87. The largest absolute Gasteiger partial charge is 0.369 e. The van der Waals surface area contributed by atoms with E-state index >= 15 is 0 Å². The van der Waals surface area contributed by atoms with Gasteiger partial charge in [-0.25, -0.2) is 9.97 Å². The number of nitrogens with one attached hydrogen (secondary N) is 2. The summed E-state index contributed by atoms with van der Waals surface area (Å²) in [7, 11) is 2.17. The molecule has 0 atom stereocenters. The molecule has 0 unspecified atom stereocenters. The number of hydrogen-bond acceptors (Lipinski definition) is 7. The quantitative estimate of drug-likeness (QED) is 0.341. The van der Waals surface area contributed by atoms with Crippen LogP contribution in [0, 0.1) is 5.92 Å². The van der Waals surface area contributed by atoms with E-state index in [1.54, 1.807) is 6.20 Å². The van der Waals surface area contributed by atoms with Crippen LogP contribution in [-0.2, 0) is 11.3 Å². The Kier molecular flexibility index (Phi) is 6.98. The van der Waals surface area contributed by atoms with Crippen molar-refractivity contribution in [2.45, 2.75) is 26.3 Å². The van der Waals surface area contributed by atoms with Gasteiger partial charge in [-0.2, -0.15) is 5.10 Å². The molecule has 3 heterocycles. The summed E-state index contributed by atoms with van der Waals surface area (Å²) in [6.45, 7) is 6.98. The van der Waals surface area contributed by atoms with Gasteiger partial charge in [0.15, 0.2) is 0 Å². The van der Waals surface area contributed by atoms with Crippen LogP contribution < -0.4 is 15.5 Å². The van der Waals surface area contributed by atoms with E-state index in [0.29, 0.717) is 5.95 Å². The lowest BCUT2D eigenvalue weighted by atomic mass is 10.1. The van der Waals surface area contributed by atoms with Gasteiger partial charge in [0.25, 0.3) is 0 Å². The van der Waals surface area contributed by atoms with Gasteiger partial charge in [0.1, 0.15) is 5.69 Å². The number of likely N-dealkylation sites (N-methyl/N-ethyl adjacent to an activating group) is 1. The Bertz CT molecular complexity index is 1450. The van der Waals surface area contributed by atoms with Crippen LogP contribution in [0.1, 0.15) is 19.8 Å². The summed E-state index contributed by atoms with van der Waals surface area (Å²) in [5, 5.41) is 11.2. The zero-order valence-corrected chi connectivity index (χ0v) is 22.5. The molecule has 2 N–H and O–H groups in total. The van der Waals surface area contributed by atoms with Crippen LogP contribution in [0.3, 0.4) is 0 Å². The summed E-state index contributed by atoms with van der Waals surface area (Å²) in [6.07, 6.45) is 5.77. The van der Waals surface area contributed by atoms with E-state index in [4.69, 9.17) is 10.1 Å². The van der Waals surface area contributed by atoms with Gasteiger partial charge in [-0.3, -0.25) is 9.48 Å². The highest BCUT2D eigenvalue weighted by Gasteiger charge is 2.29. The van der Waals surface area contributed by atoms with Gasteiger partial charge < -0.3 is 20.4 Å². The van der Waals surface area contributed by atoms with Crippen LogP contribution in [-0.4, -0.2) is 63.8 Å². The molecule has 1 saturated carbocycles. The molecule has 0 bridgehead atoms. The van der Waals surface area contributed by atoms with Crippen LogP contribution in [0.25, 0.3) is 22.5 Å². The molecule has 1 amide bonds. The van der Waals surface area contributed by atoms with Gasteiger partial charge in [-0.1, -0.05) is 18.2 Å². The second kappa shape index (κ2) is 10.9. The zero-order valence-electron chi connectivity index (χ0n) is 22.5. The molecule has 0 spiro atoms. The molecule has 9 heteroatoms. The maximum Gasteiger partial charge on any atom is 0.227 e. The predicted molar refractivity (Wildman–Crippen MR) is 155 cm³/mol. The molecule has 6 rings (SSSR count). The molecule has 9 nitrogen and oxygen atoms in total. The van der Waals surface area contributed by atoms with Gasteiger partial charge in [0, 0.05) is 79.2 Å². The highest BCUT2D eigenvalue weighted by molar-refractivity contribution is 5.94. The summed E-state index contributed by atoms with van der Waals surface area (Å²) in [5.41, 5.74) is 6.50. The van der Waals surface area contributed by atoms with E-state index in [-0.39, 0.29) is 11.8 Å². The molecule has 1 saturated heterocycles. The van der Waals surface area contributed by atoms with Crippen molar-refractivity contribution in [1.82, 2.24) is 24.6 Å². The molecule has 0 radical (unpaired) electrons. The van der Waals surface area contributed by atoms with Gasteiger partial charge in [-0.05, 0) is 63.2 Å². The molecule has 1 aliphatic heterocycles. The molecule has 2 aromatic heterocycles. The number of rotatable bonds is 8. The van der Waals surface area contributed by atoms with Crippen LogP contribution in [0.5, 0.6) is 0 Å². The molecule has 2 fully saturated rings. The first kappa shape index (κ1) is 25.1. The molecular formula is C30H34N8O. The number of aryl methyl sites for hydroxylation is 1. The maximum atomic E-state index is 12.1. The molecule has 200 valence electrons. The van der Waals surface area contributed by atoms with E-state index in [1.165, 1.54) is 5.69 Å². The Hall–Kier alpha value is -4.24. The first-order chi connectivity index (χ1) is 19.1. The number of anilines is 4. The number of hydrogen-bond donors (Lipinski definition) is 2. The van der Waals surface area contributed by atoms with Crippen LogP contribution in [0.15, 0.2) is 67.0 Å². The number of piperazine rings is 1.